The van der Waals surface area contributed by atoms with E-state index in [1.165, 1.54) is 11.3 Å². The molecule has 0 bridgehead atoms. The molecule has 0 unspecified atom stereocenters. The van der Waals surface area contributed by atoms with Crippen LogP contribution < -0.4 is 24.4 Å². The second kappa shape index (κ2) is 10.9. The number of ether oxygens (including phenoxy) is 2. The van der Waals surface area contributed by atoms with E-state index in [4.69, 9.17) is 14.5 Å². The lowest BCUT2D eigenvalue weighted by Gasteiger charge is -2.30. The Labute approximate surface area is 230 Å². The molecular formula is C31H31N3O4S. The molecule has 7 nitrogen and oxygen atoms in total. The number of hydrogen-bond acceptors (Lipinski definition) is 6. The Morgan fingerprint density at radius 1 is 1.03 bits per heavy atom. The van der Waals surface area contributed by atoms with Gasteiger partial charge in [0.2, 0.25) is 0 Å². The molecule has 0 saturated heterocycles. The monoisotopic (exact) mass is 541 g/mol. The number of hydrogen-bond donors (Lipinski definition) is 0. The summed E-state index contributed by atoms with van der Waals surface area (Å²) >= 11 is 1.32. The van der Waals surface area contributed by atoms with Crippen molar-refractivity contribution >= 4 is 34.1 Å². The normalized spacial score (nSPS) is 15.2. The zero-order valence-corrected chi connectivity index (χ0v) is 23.5. The maximum Gasteiger partial charge on any atom is 0.271 e. The fourth-order valence-electron chi connectivity index (χ4n) is 5.14. The molecule has 0 spiro atoms. The number of carbonyl (C=O) groups excluding carboxylic acids is 1. The molecule has 4 aromatic rings. The number of amides is 1. The van der Waals surface area contributed by atoms with Crippen LogP contribution >= 0.6 is 11.3 Å². The highest BCUT2D eigenvalue weighted by atomic mass is 32.1. The molecule has 1 aromatic heterocycles. The largest absolute Gasteiger partial charge is 0.497 e. The molecule has 1 aliphatic heterocycles. The highest BCUT2D eigenvalue weighted by Gasteiger charge is 2.36. The lowest BCUT2D eigenvalue weighted by molar-refractivity contribution is -0.127. The Hall–Kier alpha value is -4.17. The molecule has 0 saturated carbocycles. The third kappa shape index (κ3) is 4.65. The van der Waals surface area contributed by atoms with Crippen LogP contribution in [0.3, 0.4) is 0 Å². The quantitative estimate of drug-likeness (QED) is 0.350. The summed E-state index contributed by atoms with van der Waals surface area (Å²) in [6, 6.07) is 18.7. The van der Waals surface area contributed by atoms with Gasteiger partial charge < -0.3 is 14.4 Å². The Bertz CT molecular complexity index is 1760. The van der Waals surface area contributed by atoms with E-state index in [1.54, 1.807) is 23.7 Å². The topological polar surface area (TPSA) is 73.1 Å². The van der Waals surface area contributed by atoms with Crippen LogP contribution in [0.4, 0.5) is 0 Å². The molecule has 8 heteroatoms. The summed E-state index contributed by atoms with van der Waals surface area (Å²) in [5.41, 5.74) is 2.53. The number of fused-ring (bicyclic) bond motifs is 2. The number of methoxy groups -OCH3 is 2. The smallest absolute Gasteiger partial charge is 0.271 e. The Balaban J connectivity index is 1.83. The van der Waals surface area contributed by atoms with Gasteiger partial charge in [-0.25, -0.2) is 4.99 Å². The van der Waals surface area contributed by atoms with Crippen molar-refractivity contribution in [3.05, 3.63) is 103 Å². The minimum atomic E-state index is -0.701. The molecule has 0 aliphatic carbocycles. The van der Waals surface area contributed by atoms with Crippen molar-refractivity contribution in [1.82, 2.24) is 9.47 Å². The molecule has 5 rings (SSSR count). The average molecular weight is 542 g/mol. The van der Waals surface area contributed by atoms with Crippen molar-refractivity contribution < 1.29 is 14.3 Å². The van der Waals surface area contributed by atoms with E-state index >= 15 is 0 Å². The Kier molecular flexibility index (Phi) is 7.39. The zero-order chi connectivity index (χ0) is 27.7. The van der Waals surface area contributed by atoms with E-state index in [0.717, 1.165) is 27.6 Å². The van der Waals surface area contributed by atoms with Gasteiger partial charge in [-0.3, -0.25) is 14.2 Å². The van der Waals surface area contributed by atoms with Gasteiger partial charge in [-0.05, 0) is 61.4 Å². The van der Waals surface area contributed by atoms with Gasteiger partial charge >= 0.3 is 0 Å². The number of aromatic nitrogens is 1. The van der Waals surface area contributed by atoms with Crippen LogP contribution in [0.2, 0.25) is 0 Å². The molecule has 1 aliphatic rings. The van der Waals surface area contributed by atoms with Crippen molar-refractivity contribution in [3.8, 4) is 11.5 Å². The fraction of sp³-hybridized carbons (Fsp3) is 0.258. The van der Waals surface area contributed by atoms with Crippen LogP contribution in [0, 0.1) is 0 Å². The van der Waals surface area contributed by atoms with E-state index in [0.29, 0.717) is 39.4 Å². The number of thiazole rings is 1. The number of carbonyl (C=O) groups is 1. The first-order valence-electron chi connectivity index (χ1n) is 12.9. The van der Waals surface area contributed by atoms with Gasteiger partial charge in [0.05, 0.1) is 30.0 Å². The number of rotatable bonds is 7. The number of likely N-dealkylation sites (N-methyl/N-ethyl adjacent to an activating group) is 1. The Morgan fingerprint density at radius 2 is 1.74 bits per heavy atom. The number of allylic oxidation sites excluding steroid dienone is 1. The summed E-state index contributed by atoms with van der Waals surface area (Å²) in [4.78, 5) is 35.2. The fourth-order valence-corrected chi connectivity index (χ4v) is 6.18. The van der Waals surface area contributed by atoms with E-state index in [-0.39, 0.29) is 11.5 Å². The second-order valence-corrected chi connectivity index (χ2v) is 10.2. The zero-order valence-electron chi connectivity index (χ0n) is 22.7. The molecular weight excluding hydrogens is 510 g/mol. The van der Waals surface area contributed by atoms with Crippen LogP contribution in [0.5, 0.6) is 11.5 Å². The van der Waals surface area contributed by atoms with E-state index in [1.807, 2.05) is 87.5 Å². The van der Waals surface area contributed by atoms with Crippen molar-refractivity contribution in [2.45, 2.75) is 26.8 Å². The predicted molar refractivity (Wildman–Crippen MR) is 155 cm³/mol. The number of benzene rings is 3. The summed E-state index contributed by atoms with van der Waals surface area (Å²) in [6.07, 6.45) is 1.85. The van der Waals surface area contributed by atoms with Crippen LogP contribution in [-0.2, 0) is 4.79 Å². The van der Waals surface area contributed by atoms with Crippen molar-refractivity contribution in [2.24, 2.45) is 4.99 Å². The molecule has 0 N–H and O–H groups in total. The average Bonchev–Trinajstić information content (AvgIpc) is 3.26. The third-order valence-corrected chi connectivity index (χ3v) is 8.12. The molecule has 2 heterocycles. The van der Waals surface area contributed by atoms with Gasteiger partial charge in [0, 0.05) is 18.7 Å². The summed E-state index contributed by atoms with van der Waals surface area (Å²) in [5, 5.41) is 1.92. The molecule has 1 atom stereocenters. The Morgan fingerprint density at radius 3 is 2.41 bits per heavy atom. The highest BCUT2D eigenvalue weighted by Crippen LogP contribution is 2.40. The first kappa shape index (κ1) is 26.4. The predicted octanol–water partition coefficient (Wildman–Crippen LogP) is 4.27. The number of nitrogens with zero attached hydrogens (tertiary/aromatic N) is 3. The standard InChI is InChI=1S/C31H31N3O4S/c1-6-33(7-2)30(36)26-19(3)32-31-34(29(35)25(39-31)18-20-12-15-22(37-4)16-13-20)28(26)27-23-11-9-8-10-21(23)14-17-24(27)38-5/h8-18,28H,6-7H2,1-5H3/b25-18+/t28-/m0/s1. The highest BCUT2D eigenvalue weighted by molar-refractivity contribution is 7.07. The first-order chi connectivity index (χ1) is 18.9. The van der Waals surface area contributed by atoms with Gasteiger partial charge in [0.25, 0.3) is 11.5 Å². The SMILES string of the molecule is CCN(CC)C(=O)C1=C(C)N=c2s/c(=C/c3ccc(OC)cc3)c(=O)n2[C@@H]1c1c(OC)ccc2ccccc12. The second-order valence-electron chi connectivity index (χ2n) is 9.24. The van der Waals surface area contributed by atoms with Crippen LogP contribution in [0.15, 0.2) is 81.7 Å². The van der Waals surface area contributed by atoms with Gasteiger partial charge in [0.15, 0.2) is 4.80 Å². The molecule has 3 aromatic carbocycles. The molecule has 0 fully saturated rings. The molecule has 39 heavy (non-hydrogen) atoms. The van der Waals surface area contributed by atoms with Crippen molar-refractivity contribution in [1.29, 1.82) is 0 Å². The summed E-state index contributed by atoms with van der Waals surface area (Å²) in [6.45, 7) is 6.85. The van der Waals surface area contributed by atoms with E-state index in [9.17, 15) is 9.59 Å². The maximum atomic E-state index is 14.1. The van der Waals surface area contributed by atoms with Gasteiger partial charge in [-0.1, -0.05) is 53.8 Å². The maximum absolute atomic E-state index is 14.1. The van der Waals surface area contributed by atoms with E-state index < -0.39 is 6.04 Å². The minimum Gasteiger partial charge on any atom is -0.497 e. The van der Waals surface area contributed by atoms with Gasteiger partial charge in [-0.15, -0.1) is 0 Å². The molecule has 1 amide bonds. The molecule has 200 valence electrons. The van der Waals surface area contributed by atoms with Gasteiger partial charge in [0.1, 0.15) is 17.5 Å². The summed E-state index contributed by atoms with van der Waals surface area (Å²) < 4.78 is 13.3. The third-order valence-electron chi connectivity index (χ3n) is 7.14. The van der Waals surface area contributed by atoms with Crippen LogP contribution in [0.25, 0.3) is 16.8 Å². The van der Waals surface area contributed by atoms with Crippen LogP contribution in [-0.4, -0.2) is 42.7 Å². The summed E-state index contributed by atoms with van der Waals surface area (Å²) in [5.74, 6) is 1.22. The van der Waals surface area contributed by atoms with Crippen LogP contribution in [0.1, 0.15) is 37.9 Å². The lowest BCUT2D eigenvalue weighted by Crippen LogP contribution is -2.43. The molecule has 0 radical (unpaired) electrons. The van der Waals surface area contributed by atoms with Crippen molar-refractivity contribution in [3.63, 3.8) is 0 Å². The lowest BCUT2D eigenvalue weighted by atomic mass is 9.90. The minimum absolute atomic E-state index is 0.134. The summed E-state index contributed by atoms with van der Waals surface area (Å²) in [7, 11) is 3.23. The van der Waals surface area contributed by atoms with E-state index in [2.05, 4.69) is 0 Å². The van der Waals surface area contributed by atoms with Gasteiger partial charge in [-0.2, -0.15) is 0 Å². The van der Waals surface area contributed by atoms with Crippen molar-refractivity contribution in [2.75, 3.05) is 27.3 Å². The first-order valence-corrected chi connectivity index (χ1v) is 13.7.